The summed E-state index contributed by atoms with van der Waals surface area (Å²) in [6, 6.07) is 0.00366. The number of guanidine groups is 1. The molecule has 7 heteroatoms. The van der Waals surface area contributed by atoms with Crippen molar-refractivity contribution in [2.45, 2.75) is 58.4 Å². The Morgan fingerprint density at radius 3 is 2.32 bits per heavy atom. The van der Waals surface area contributed by atoms with Crippen molar-refractivity contribution in [3.8, 4) is 0 Å². The fourth-order valence-corrected chi connectivity index (χ4v) is 4.99. The summed E-state index contributed by atoms with van der Waals surface area (Å²) in [6.45, 7) is 11.1. The third-order valence-electron chi connectivity index (χ3n) is 6.74. The predicted octanol–water partition coefficient (Wildman–Crippen LogP) is 2.63. The molecule has 0 spiro atoms. The molecule has 3 aliphatic rings. The molecular formula is C21H40IN5O. The number of carbonyl (C=O) groups is 1. The molecule has 1 amide bonds. The van der Waals surface area contributed by atoms with Crippen LogP contribution in [0, 0.1) is 11.8 Å². The molecule has 3 atom stereocenters. The second-order valence-corrected chi connectivity index (χ2v) is 8.80. The van der Waals surface area contributed by atoms with Crippen LogP contribution in [-0.2, 0) is 4.79 Å². The van der Waals surface area contributed by atoms with Gasteiger partial charge in [0.2, 0.25) is 5.91 Å². The van der Waals surface area contributed by atoms with Gasteiger partial charge in [0.1, 0.15) is 0 Å². The SMILES string of the molecule is CN=C(NCC1CCCC(C)C1)N1CCN(C(C)C(=O)N2CCCC2)CC1.I. The topological polar surface area (TPSA) is 51.2 Å². The summed E-state index contributed by atoms with van der Waals surface area (Å²) in [4.78, 5) is 23.9. The number of nitrogens with zero attached hydrogens (tertiary/aromatic N) is 4. The molecule has 0 aromatic heterocycles. The van der Waals surface area contributed by atoms with Gasteiger partial charge in [-0.3, -0.25) is 14.7 Å². The molecule has 3 unspecified atom stereocenters. The molecule has 3 fully saturated rings. The Morgan fingerprint density at radius 2 is 1.71 bits per heavy atom. The van der Waals surface area contributed by atoms with Crippen LogP contribution in [-0.4, -0.2) is 85.5 Å². The largest absolute Gasteiger partial charge is 0.356 e. The van der Waals surface area contributed by atoms with Gasteiger partial charge in [-0.15, -0.1) is 24.0 Å². The van der Waals surface area contributed by atoms with E-state index < -0.39 is 0 Å². The van der Waals surface area contributed by atoms with E-state index in [9.17, 15) is 4.79 Å². The first kappa shape index (κ1) is 23.7. The number of piperazine rings is 1. The lowest BCUT2D eigenvalue weighted by Gasteiger charge is -2.40. The van der Waals surface area contributed by atoms with Gasteiger partial charge in [0.15, 0.2) is 5.96 Å². The number of halogens is 1. The van der Waals surface area contributed by atoms with Crippen molar-refractivity contribution in [2.75, 3.05) is 52.9 Å². The van der Waals surface area contributed by atoms with E-state index in [1.165, 1.54) is 25.7 Å². The van der Waals surface area contributed by atoms with Gasteiger partial charge in [0, 0.05) is 52.9 Å². The Morgan fingerprint density at radius 1 is 1.04 bits per heavy atom. The fourth-order valence-electron chi connectivity index (χ4n) is 4.99. The van der Waals surface area contributed by atoms with Crippen LogP contribution in [0.15, 0.2) is 4.99 Å². The molecule has 3 rings (SSSR count). The molecular weight excluding hydrogens is 465 g/mol. The second-order valence-electron chi connectivity index (χ2n) is 8.80. The molecule has 1 aliphatic carbocycles. The molecule has 2 aliphatic heterocycles. The monoisotopic (exact) mass is 505 g/mol. The van der Waals surface area contributed by atoms with Crippen molar-refractivity contribution in [3.05, 3.63) is 0 Å². The van der Waals surface area contributed by atoms with E-state index in [2.05, 4.69) is 34.0 Å². The first-order valence-electron chi connectivity index (χ1n) is 11.1. The number of hydrogen-bond acceptors (Lipinski definition) is 3. The Kier molecular flexibility index (Phi) is 9.80. The summed E-state index contributed by atoms with van der Waals surface area (Å²) in [7, 11) is 1.89. The van der Waals surface area contributed by atoms with Gasteiger partial charge in [-0.2, -0.15) is 0 Å². The first-order valence-corrected chi connectivity index (χ1v) is 11.1. The van der Waals surface area contributed by atoms with E-state index in [0.717, 1.165) is 76.5 Å². The first-order chi connectivity index (χ1) is 13.1. The van der Waals surface area contributed by atoms with Crippen LogP contribution in [0.5, 0.6) is 0 Å². The maximum Gasteiger partial charge on any atom is 0.239 e. The zero-order chi connectivity index (χ0) is 19.2. The number of nitrogens with one attached hydrogen (secondary N) is 1. The molecule has 6 nitrogen and oxygen atoms in total. The van der Waals surface area contributed by atoms with Gasteiger partial charge in [0.05, 0.1) is 6.04 Å². The predicted molar refractivity (Wildman–Crippen MR) is 126 cm³/mol. The van der Waals surface area contributed by atoms with Crippen molar-refractivity contribution in [1.29, 1.82) is 0 Å². The quantitative estimate of drug-likeness (QED) is 0.363. The normalized spacial score (nSPS) is 28.0. The van der Waals surface area contributed by atoms with Crippen molar-refractivity contribution < 1.29 is 4.79 Å². The maximum absolute atomic E-state index is 12.7. The summed E-state index contributed by atoms with van der Waals surface area (Å²) in [5.74, 6) is 3.00. The van der Waals surface area contributed by atoms with Crippen LogP contribution in [0.4, 0.5) is 0 Å². The van der Waals surface area contributed by atoms with Gasteiger partial charge in [-0.1, -0.05) is 19.8 Å². The smallest absolute Gasteiger partial charge is 0.239 e. The lowest BCUT2D eigenvalue weighted by atomic mass is 9.82. The highest BCUT2D eigenvalue weighted by Crippen LogP contribution is 2.28. The molecule has 2 saturated heterocycles. The van der Waals surface area contributed by atoms with Gasteiger partial charge in [0.25, 0.3) is 0 Å². The van der Waals surface area contributed by atoms with E-state index in [-0.39, 0.29) is 30.0 Å². The number of likely N-dealkylation sites (tertiary alicyclic amines) is 1. The Balaban J connectivity index is 0.00000280. The summed E-state index contributed by atoms with van der Waals surface area (Å²) >= 11 is 0. The molecule has 2 heterocycles. The number of rotatable bonds is 4. The van der Waals surface area contributed by atoms with E-state index in [0.29, 0.717) is 5.91 Å². The van der Waals surface area contributed by atoms with Crippen LogP contribution in [0.25, 0.3) is 0 Å². The lowest BCUT2D eigenvalue weighted by Crippen LogP contribution is -2.57. The zero-order valence-corrected chi connectivity index (χ0v) is 20.4. The van der Waals surface area contributed by atoms with Crippen molar-refractivity contribution in [3.63, 3.8) is 0 Å². The molecule has 0 bridgehead atoms. The van der Waals surface area contributed by atoms with Crippen LogP contribution in [0.2, 0.25) is 0 Å². The minimum atomic E-state index is 0. The average molecular weight is 505 g/mol. The zero-order valence-electron chi connectivity index (χ0n) is 18.0. The van der Waals surface area contributed by atoms with Crippen molar-refractivity contribution in [2.24, 2.45) is 16.8 Å². The van der Waals surface area contributed by atoms with Gasteiger partial charge >= 0.3 is 0 Å². The number of aliphatic imine (C=N–C) groups is 1. The molecule has 0 radical (unpaired) electrons. The van der Waals surface area contributed by atoms with E-state index in [1.807, 2.05) is 11.9 Å². The number of amides is 1. The molecule has 1 saturated carbocycles. The van der Waals surface area contributed by atoms with Crippen molar-refractivity contribution in [1.82, 2.24) is 20.0 Å². The van der Waals surface area contributed by atoms with Crippen LogP contribution in [0.3, 0.4) is 0 Å². The van der Waals surface area contributed by atoms with Gasteiger partial charge < -0.3 is 15.1 Å². The van der Waals surface area contributed by atoms with Crippen LogP contribution < -0.4 is 5.32 Å². The standard InChI is InChI=1S/C21H39N5O.HI/c1-17-7-6-8-19(15-17)16-23-21(22-3)26-13-11-24(12-14-26)18(2)20(27)25-9-4-5-10-25;/h17-19H,4-16H2,1-3H3,(H,22,23);1H. The minimum Gasteiger partial charge on any atom is -0.356 e. The Hall–Kier alpha value is -0.570. The van der Waals surface area contributed by atoms with E-state index in [1.54, 1.807) is 0 Å². The Labute approximate surface area is 188 Å². The maximum atomic E-state index is 12.7. The summed E-state index contributed by atoms with van der Waals surface area (Å²) in [5, 5.41) is 3.62. The molecule has 1 N–H and O–H groups in total. The highest BCUT2D eigenvalue weighted by atomic mass is 127. The third-order valence-corrected chi connectivity index (χ3v) is 6.74. The minimum absolute atomic E-state index is 0. The number of carbonyl (C=O) groups excluding carboxylic acids is 1. The third kappa shape index (κ3) is 6.21. The average Bonchev–Trinajstić information content (AvgIpc) is 3.23. The fraction of sp³-hybridized carbons (Fsp3) is 0.905. The number of hydrogen-bond donors (Lipinski definition) is 1. The second kappa shape index (κ2) is 11.6. The molecule has 0 aromatic carbocycles. The highest BCUT2D eigenvalue weighted by Gasteiger charge is 2.30. The summed E-state index contributed by atoms with van der Waals surface area (Å²) < 4.78 is 0. The van der Waals surface area contributed by atoms with Crippen LogP contribution in [0.1, 0.15) is 52.4 Å². The molecule has 0 aromatic rings. The summed E-state index contributed by atoms with van der Waals surface area (Å²) in [5.41, 5.74) is 0. The molecule has 162 valence electrons. The van der Waals surface area contributed by atoms with Crippen molar-refractivity contribution >= 4 is 35.8 Å². The van der Waals surface area contributed by atoms with E-state index in [4.69, 9.17) is 0 Å². The van der Waals surface area contributed by atoms with Gasteiger partial charge in [-0.05, 0) is 44.4 Å². The highest BCUT2D eigenvalue weighted by molar-refractivity contribution is 14.0. The lowest BCUT2D eigenvalue weighted by molar-refractivity contribution is -0.135. The van der Waals surface area contributed by atoms with E-state index >= 15 is 0 Å². The van der Waals surface area contributed by atoms with Gasteiger partial charge in [-0.25, -0.2) is 0 Å². The van der Waals surface area contributed by atoms with Crippen LogP contribution >= 0.6 is 24.0 Å². The Bertz CT molecular complexity index is 515. The summed E-state index contributed by atoms with van der Waals surface area (Å²) in [6.07, 6.45) is 7.77. The molecule has 28 heavy (non-hydrogen) atoms.